The van der Waals surface area contributed by atoms with Crippen LogP contribution in [0.2, 0.25) is 0 Å². The minimum absolute atomic E-state index is 0.215. The monoisotopic (exact) mass is 267 g/mol. The molecule has 1 saturated heterocycles. The summed E-state index contributed by atoms with van der Waals surface area (Å²) in [5, 5.41) is 3.24. The lowest BCUT2D eigenvalue weighted by Gasteiger charge is -2.31. The van der Waals surface area contributed by atoms with E-state index in [2.05, 4.69) is 22.1 Å². The molecule has 1 aromatic rings. The van der Waals surface area contributed by atoms with Crippen molar-refractivity contribution in [3.63, 3.8) is 0 Å². The third-order valence-corrected chi connectivity index (χ3v) is 3.27. The van der Waals surface area contributed by atoms with Crippen LogP contribution in [-0.4, -0.2) is 48.1 Å². The van der Waals surface area contributed by atoms with Crippen LogP contribution in [0.15, 0.2) is 10.7 Å². The van der Waals surface area contributed by atoms with E-state index in [4.69, 9.17) is 9.15 Å². The second-order valence-electron chi connectivity index (χ2n) is 4.64. The number of rotatable bonds is 5. The van der Waals surface area contributed by atoms with Gasteiger partial charge in [-0.15, -0.1) is 0 Å². The van der Waals surface area contributed by atoms with Crippen molar-refractivity contribution >= 4 is 12.0 Å². The normalized spacial score (nSPS) is 20.2. The molecular weight excluding hydrogens is 246 g/mol. The number of oxazole rings is 1. The Morgan fingerprint density at radius 2 is 2.47 bits per heavy atom. The zero-order valence-electron chi connectivity index (χ0n) is 11.5. The smallest absolute Gasteiger partial charge is 0.360 e. The first-order valence-electron chi connectivity index (χ1n) is 6.84. The molecule has 1 N–H and O–H groups in total. The minimum Gasteiger partial charge on any atom is -0.461 e. The highest BCUT2D eigenvalue weighted by molar-refractivity contribution is 5.87. The number of piperidine rings is 1. The van der Waals surface area contributed by atoms with Crippen molar-refractivity contribution in [2.75, 3.05) is 31.6 Å². The van der Waals surface area contributed by atoms with Gasteiger partial charge in [0, 0.05) is 12.6 Å². The van der Waals surface area contributed by atoms with Gasteiger partial charge < -0.3 is 19.4 Å². The Bertz CT molecular complexity index is 419. The number of likely N-dealkylation sites (N-methyl/N-ethyl adjacent to an activating group) is 1. The summed E-state index contributed by atoms with van der Waals surface area (Å²) in [5.41, 5.74) is 0.215. The lowest BCUT2D eigenvalue weighted by atomic mass is 10.1. The van der Waals surface area contributed by atoms with Gasteiger partial charge >= 0.3 is 5.97 Å². The van der Waals surface area contributed by atoms with Crippen molar-refractivity contribution in [2.45, 2.75) is 32.7 Å². The van der Waals surface area contributed by atoms with Crippen molar-refractivity contribution in [3.8, 4) is 0 Å². The largest absolute Gasteiger partial charge is 0.461 e. The van der Waals surface area contributed by atoms with Gasteiger partial charge in [0.15, 0.2) is 5.69 Å². The Balaban J connectivity index is 1.90. The molecule has 106 valence electrons. The fourth-order valence-electron chi connectivity index (χ4n) is 2.27. The zero-order chi connectivity index (χ0) is 13.7. The third kappa shape index (κ3) is 3.70. The van der Waals surface area contributed by atoms with Crippen LogP contribution in [0.25, 0.3) is 0 Å². The number of aromatic nitrogens is 1. The zero-order valence-corrected chi connectivity index (χ0v) is 11.5. The summed E-state index contributed by atoms with van der Waals surface area (Å²) in [4.78, 5) is 18.0. The van der Waals surface area contributed by atoms with E-state index in [9.17, 15) is 4.79 Å². The predicted molar refractivity (Wildman–Crippen MR) is 71.2 cm³/mol. The Labute approximate surface area is 113 Å². The van der Waals surface area contributed by atoms with Crippen molar-refractivity contribution in [1.82, 2.24) is 9.88 Å². The van der Waals surface area contributed by atoms with Crippen LogP contribution in [-0.2, 0) is 4.74 Å². The van der Waals surface area contributed by atoms with Gasteiger partial charge in [0.1, 0.15) is 6.26 Å². The van der Waals surface area contributed by atoms with Gasteiger partial charge in [0.25, 0.3) is 6.01 Å². The second-order valence-corrected chi connectivity index (χ2v) is 4.64. The van der Waals surface area contributed by atoms with E-state index in [0.29, 0.717) is 18.7 Å². The van der Waals surface area contributed by atoms with Crippen molar-refractivity contribution in [2.24, 2.45) is 0 Å². The highest BCUT2D eigenvalue weighted by atomic mass is 16.5. The number of hydrogen-bond donors (Lipinski definition) is 1. The molecule has 1 aliphatic rings. The number of anilines is 1. The van der Waals surface area contributed by atoms with Crippen molar-refractivity contribution in [3.05, 3.63) is 12.0 Å². The molecular formula is C13H21N3O3. The van der Waals surface area contributed by atoms with E-state index in [0.717, 1.165) is 32.5 Å². The molecule has 6 heteroatoms. The Hall–Kier alpha value is -1.56. The lowest BCUT2D eigenvalue weighted by molar-refractivity contribution is 0.0519. The molecule has 1 aliphatic heterocycles. The number of likely N-dealkylation sites (tertiary alicyclic amines) is 1. The van der Waals surface area contributed by atoms with E-state index in [1.165, 1.54) is 6.26 Å². The molecule has 1 atom stereocenters. The highest BCUT2D eigenvalue weighted by Gasteiger charge is 2.21. The fraction of sp³-hybridized carbons (Fsp3) is 0.692. The molecule has 6 nitrogen and oxygen atoms in total. The van der Waals surface area contributed by atoms with Crippen LogP contribution in [0.5, 0.6) is 0 Å². The van der Waals surface area contributed by atoms with Crippen molar-refractivity contribution < 1.29 is 13.9 Å². The van der Waals surface area contributed by atoms with Gasteiger partial charge in [-0.1, -0.05) is 6.92 Å². The average molecular weight is 267 g/mol. The summed E-state index contributed by atoms with van der Waals surface area (Å²) >= 11 is 0. The van der Waals surface area contributed by atoms with Gasteiger partial charge in [-0.25, -0.2) is 4.79 Å². The SMILES string of the molecule is CCOC(=O)c1coc(NC2CCCN(CC)C2)n1. The summed E-state index contributed by atoms with van der Waals surface area (Å²) < 4.78 is 10.1. The van der Waals surface area contributed by atoms with Crippen LogP contribution in [0.4, 0.5) is 6.01 Å². The van der Waals surface area contributed by atoms with Gasteiger partial charge in [-0.3, -0.25) is 0 Å². The van der Waals surface area contributed by atoms with Crippen molar-refractivity contribution in [1.29, 1.82) is 0 Å². The maximum absolute atomic E-state index is 11.5. The third-order valence-electron chi connectivity index (χ3n) is 3.27. The van der Waals surface area contributed by atoms with Crippen LogP contribution in [0.3, 0.4) is 0 Å². The molecule has 19 heavy (non-hydrogen) atoms. The van der Waals surface area contributed by atoms with Gasteiger partial charge in [-0.05, 0) is 32.9 Å². The Morgan fingerprint density at radius 3 is 3.21 bits per heavy atom. The molecule has 1 fully saturated rings. The van der Waals surface area contributed by atoms with Crippen LogP contribution in [0, 0.1) is 0 Å². The summed E-state index contributed by atoms with van der Waals surface area (Å²) in [5.74, 6) is -0.446. The number of nitrogens with one attached hydrogen (secondary N) is 1. The summed E-state index contributed by atoms with van der Waals surface area (Å²) in [6.07, 6.45) is 3.59. The van der Waals surface area contributed by atoms with Gasteiger partial charge in [0.2, 0.25) is 0 Å². The van der Waals surface area contributed by atoms with E-state index in [1.807, 2.05) is 0 Å². The molecule has 0 bridgehead atoms. The molecule has 2 heterocycles. The molecule has 0 amide bonds. The first kappa shape index (κ1) is 13.9. The molecule has 0 aromatic carbocycles. The number of nitrogens with zero attached hydrogens (tertiary/aromatic N) is 2. The molecule has 1 unspecified atom stereocenters. The van der Waals surface area contributed by atoms with Crippen LogP contribution < -0.4 is 5.32 Å². The Kier molecular flexibility index (Phi) is 4.79. The molecule has 2 rings (SSSR count). The maximum atomic E-state index is 11.5. The predicted octanol–water partition coefficient (Wildman–Crippen LogP) is 1.75. The van der Waals surface area contributed by atoms with Crippen LogP contribution >= 0.6 is 0 Å². The standard InChI is InChI=1S/C13H21N3O3/c1-3-16-7-5-6-10(8-16)14-13-15-11(9-19-13)12(17)18-4-2/h9-10H,3-8H2,1-2H3,(H,14,15). The van der Waals surface area contributed by atoms with Gasteiger partial charge in [-0.2, -0.15) is 4.98 Å². The van der Waals surface area contributed by atoms with E-state index < -0.39 is 5.97 Å². The van der Waals surface area contributed by atoms with E-state index in [-0.39, 0.29) is 5.69 Å². The average Bonchev–Trinajstić information content (AvgIpc) is 2.88. The summed E-state index contributed by atoms with van der Waals surface area (Å²) in [7, 11) is 0. The first-order chi connectivity index (χ1) is 9.22. The number of ether oxygens (including phenoxy) is 1. The highest BCUT2D eigenvalue weighted by Crippen LogP contribution is 2.16. The second kappa shape index (κ2) is 6.56. The summed E-state index contributed by atoms with van der Waals surface area (Å²) in [6.45, 7) is 7.44. The van der Waals surface area contributed by atoms with Crippen LogP contribution in [0.1, 0.15) is 37.2 Å². The number of carbonyl (C=O) groups is 1. The maximum Gasteiger partial charge on any atom is 0.360 e. The molecule has 1 aromatic heterocycles. The fourth-order valence-corrected chi connectivity index (χ4v) is 2.27. The van der Waals surface area contributed by atoms with E-state index in [1.54, 1.807) is 6.92 Å². The summed E-state index contributed by atoms with van der Waals surface area (Å²) in [6, 6.07) is 0.716. The molecule has 0 saturated carbocycles. The quantitative estimate of drug-likeness (QED) is 0.820. The molecule has 0 radical (unpaired) electrons. The number of carbonyl (C=O) groups excluding carboxylic acids is 1. The number of hydrogen-bond acceptors (Lipinski definition) is 6. The first-order valence-corrected chi connectivity index (χ1v) is 6.84. The molecule has 0 aliphatic carbocycles. The molecule has 0 spiro atoms. The van der Waals surface area contributed by atoms with Gasteiger partial charge in [0.05, 0.1) is 6.61 Å². The number of esters is 1. The lowest BCUT2D eigenvalue weighted by Crippen LogP contribution is -2.41. The van der Waals surface area contributed by atoms with E-state index >= 15 is 0 Å². The Morgan fingerprint density at radius 1 is 1.63 bits per heavy atom. The topological polar surface area (TPSA) is 67.6 Å². The minimum atomic E-state index is -0.446.